The molecule has 0 saturated heterocycles. The largest absolute Gasteiger partial charge is 0.490 e. The Bertz CT molecular complexity index is 761. The van der Waals surface area contributed by atoms with Crippen LogP contribution >= 0.6 is 27.5 Å². The zero-order valence-electron chi connectivity index (χ0n) is 13.0. The van der Waals surface area contributed by atoms with Gasteiger partial charge in [0.25, 0.3) is 0 Å². The topological polar surface area (TPSA) is 30.5 Å². The minimum absolute atomic E-state index is 0.0780. The molecule has 0 radical (unpaired) electrons. The third-order valence-corrected chi connectivity index (χ3v) is 3.96. The Morgan fingerprint density at radius 3 is 2.75 bits per heavy atom. The van der Waals surface area contributed by atoms with Gasteiger partial charge in [-0.3, -0.25) is 0 Å². The van der Waals surface area contributed by atoms with Gasteiger partial charge in [0.2, 0.25) is 0 Å². The van der Waals surface area contributed by atoms with Crippen molar-refractivity contribution in [3.63, 3.8) is 0 Å². The number of hydrogen-bond acceptors (Lipinski definition) is 3. The Balaban J connectivity index is 2.17. The molecule has 24 heavy (non-hydrogen) atoms. The van der Waals surface area contributed by atoms with E-state index in [0.717, 1.165) is 15.7 Å². The molecule has 2 aromatic rings. The van der Waals surface area contributed by atoms with Gasteiger partial charge in [0.1, 0.15) is 12.4 Å². The van der Waals surface area contributed by atoms with Crippen LogP contribution in [-0.2, 0) is 6.54 Å². The summed E-state index contributed by atoms with van der Waals surface area (Å²) in [7, 11) is 0. The Labute approximate surface area is 154 Å². The standard InChI is InChI=1S/C18H16BrClFNO2/c1-3-7-24-18-14(19)8-12(9-17(18)23-4-2)11-22-13-5-6-16(21)15(20)10-13/h1,5-6,8-10,22H,4,7,11H2,2H3. The molecule has 0 saturated carbocycles. The van der Waals surface area contributed by atoms with Crippen LogP contribution in [-0.4, -0.2) is 13.2 Å². The molecule has 126 valence electrons. The lowest BCUT2D eigenvalue weighted by Crippen LogP contribution is -2.04. The zero-order valence-corrected chi connectivity index (χ0v) is 15.4. The minimum Gasteiger partial charge on any atom is -0.490 e. The first-order valence-electron chi connectivity index (χ1n) is 7.25. The second-order valence-corrected chi connectivity index (χ2v) is 6.07. The van der Waals surface area contributed by atoms with Crippen molar-refractivity contribution in [2.24, 2.45) is 0 Å². The molecule has 6 heteroatoms. The predicted molar refractivity (Wildman–Crippen MR) is 98.4 cm³/mol. The van der Waals surface area contributed by atoms with Crippen LogP contribution in [0.2, 0.25) is 5.02 Å². The molecular formula is C18H16BrClFNO2. The summed E-state index contributed by atoms with van der Waals surface area (Å²) in [6.45, 7) is 3.06. The number of ether oxygens (including phenoxy) is 2. The number of nitrogens with one attached hydrogen (secondary N) is 1. The molecule has 0 atom stereocenters. The van der Waals surface area contributed by atoms with Gasteiger partial charge in [-0.25, -0.2) is 4.39 Å². The van der Waals surface area contributed by atoms with Gasteiger partial charge in [-0.15, -0.1) is 6.42 Å². The monoisotopic (exact) mass is 411 g/mol. The Kier molecular flexibility index (Phi) is 6.77. The maximum Gasteiger partial charge on any atom is 0.176 e. The van der Waals surface area contributed by atoms with E-state index in [2.05, 4.69) is 27.2 Å². The number of benzene rings is 2. The van der Waals surface area contributed by atoms with E-state index in [1.54, 1.807) is 12.1 Å². The molecule has 0 aliphatic rings. The lowest BCUT2D eigenvalue weighted by Gasteiger charge is -2.15. The van der Waals surface area contributed by atoms with E-state index in [1.165, 1.54) is 6.07 Å². The smallest absolute Gasteiger partial charge is 0.176 e. The van der Waals surface area contributed by atoms with Crippen molar-refractivity contribution in [1.82, 2.24) is 0 Å². The Hall–Kier alpha value is -1.90. The number of terminal acetylenes is 1. The van der Waals surface area contributed by atoms with Crippen molar-refractivity contribution < 1.29 is 13.9 Å². The summed E-state index contributed by atoms with van der Waals surface area (Å²) in [6, 6.07) is 8.28. The summed E-state index contributed by atoms with van der Waals surface area (Å²) >= 11 is 9.25. The van der Waals surface area contributed by atoms with Crippen molar-refractivity contribution in [3.8, 4) is 23.8 Å². The van der Waals surface area contributed by atoms with Crippen LogP contribution < -0.4 is 14.8 Å². The highest BCUT2D eigenvalue weighted by Crippen LogP contribution is 2.37. The summed E-state index contributed by atoms with van der Waals surface area (Å²) in [6.07, 6.45) is 5.24. The molecule has 0 heterocycles. The van der Waals surface area contributed by atoms with E-state index in [9.17, 15) is 4.39 Å². The van der Waals surface area contributed by atoms with Crippen LogP contribution in [0.4, 0.5) is 10.1 Å². The first kappa shape index (κ1) is 18.4. The van der Waals surface area contributed by atoms with Crippen molar-refractivity contribution in [2.45, 2.75) is 13.5 Å². The van der Waals surface area contributed by atoms with Gasteiger partial charge in [-0.2, -0.15) is 0 Å². The van der Waals surface area contributed by atoms with Gasteiger partial charge in [0.15, 0.2) is 11.5 Å². The molecule has 3 nitrogen and oxygen atoms in total. The van der Waals surface area contributed by atoms with Crippen LogP contribution in [0, 0.1) is 18.2 Å². The molecule has 0 bridgehead atoms. The van der Waals surface area contributed by atoms with E-state index in [-0.39, 0.29) is 11.6 Å². The lowest BCUT2D eigenvalue weighted by atomic mass is 10.2. The van der Waals surface area contributed by atoms with Crippen molar-refractivity contribution in [2.75, 3.05) is 18.5 Å². The number of rotatable bonds is 7. The summed E-state index contributed by atoms with van der Waals surface area (Å²) in [4.78, 5) is 0. The van der Waals surface area contributed by atoms with Gasteiger partial charge in [0.05, 0.1) is 16.1 Å². The number of hydrogen-bond donors (Lipinski definition) is 1. The van der Waals surface area contributed by atoms with Crippen molar-refractivity contribution in [1.29, 1.82) is 0 Å². The van der Waals surface area contributed by atoms with Crippen LogP contribution in [0.1, 0.15) is 12.5 Å². The maximum absolute atomic E-state index is 13.2. The summed E-state index contributed by atoms with van der Waals surface area (Å²) in [5.74, 6) is 3.16. The molecule has 1 N–H and O–H groups in total. The van der Waals surface area contributed by atoms with Crippen LogP contribution in [0.25, 0.3) is 0 Å². The van der Waals surface area contributed by atoms with E-state index < -0.39 is 5.82 Å². The highest BCUT2D eigenvalue weighted by Gasteiger charge is 2.12. The molecule has 2 aromatic carbocycles. The molecule has 2 rings (SSSR count). The highest BCUT2D eigenvalue weighted by molar-refractivity contribution is 9.10. The first-order valence-corrected chi connectivity index (χ1v) is 8.42. The molecule has 0 amide bonds. The third-order valence-electron chi connectivity index (χ3n) is 3.09. The fourth-order valence-electron chi connectivity index (χ4n) is 2.05. The molecule has 0 aliphatic carbocycles. The minimum atomic E-state index is -0.446. The molecule has 0 unspecified atom stereocenters. The van der Waals surface area contributed by atoms with Crippen LogP contribution in [0.15, 0.2) is 34.8 Å². The normalized spacial score (nSPS) is 10.1. The van der Waals surface area contributed by atoms with Crippen molar-refractivity contribution in [3.05, 3.63) is 51.2 Å². The molecular weight excluding hydrogens is 397 g/mol. The molecule has 0 fully saturated rings. The Morgan fingerprint density at radius 2 is 2.08 bits per heavy atom. The summed E-state index contributed by atoms with van der Waals surface area (Å²) in [5, 5.41) is 3.27. The second kappa shape index (κ2) is 8.81. The first-order chi connectivity index (χ1) is 11.5. The number of anilines is 1. The quantitative estimate of drug-likeness (QED) is 0.629. The highest BCUT2D eigenvalue weighted by atomic mass is 79.9. The Morgan fingerprint density at radius 1 is 1.29 bits per heavy atom. The van der Waals surface area contributed by atoms with Gasteiger partial charge >= 0.3 is 0 Å². The van der Waals surface area contributed by atoms with E-state index in [4.69, 9.17) is 27.5 Å². The van der Waals surface area contributed by atoms with Gasteiger partial charge < -0.3 is 14.8 Å². The van der Waals surface area contributed by atoms with E-state index >= 15 is 0 Å². The average Bonchev–Trinajstić information content (AvgIpc) is 2.55. The molecule has 0 spiro atoms. The third kappa shape index (κ3) is 4.80. The molecule has 0 aromatic heterocycles. The van der Waals surface area contributed by atoms with Crippen molar-refractivity contribution >= 4 is 33.2 Å². The van der Waals surface area contributed by atoms with Gasteiger partial charge in [-0.1, -0.05) is 17.5 Å². The predicted octanol–water partition coefficient (Wildman–Crippen LogP) is 5.26. The summed E-state index contributed by atoms with van der Waals surface area (Å²) in [5.41, 5.74) is 1.68. The van der Waals surface area contributed by atoms with E-state index in [0.29, 0.717) is 24.7 Å². The summed E-state index contributed by atoms with van der Waals surface area (Å²) < 4.78 is 25.1. The van der Waals surface area contributed by atoms with Gasteiger partial charge in [0, 0.05) is 12.2 Å². The second-order valence-electron chi connectivity index (χ2n) is 4.81. The SMILES string of the molecule is C#CCOc1c(Br)cc(CNc2ccc(F)c(Cl)c2)cc1OCC. The van der Waals surface area contributed by atoms with E-state index in [1.807, 2.05) is 19.1 Å². The maximum atomic E-state index is 13.2. The zero-order chi connectivity index (χ0) is 17.5. The van der Waals surface area contributed by atoms with Crippen LogP contribution in [0.5, 0.6) is 11.5 Å². The fourth-order valence-corrected chi connectivity index (χ4v) is 2.83. The van der Waals surface area contributed by atoms with Gasteiger partial charge in [-0.05, 0) is 58.7 Å². The number of halogens is 3. The molecule has 0 aliphatic heterocycles. The average molecular weight is 413 g/mol. The lowest BCUT2D eigenvalue weighted by molar-refractivity contribution is 0.297. The van der Waals surface area contributed by atoms with Crippen LogP contribution in [0.3, 0.4) is 0 Å². The fraction of sp³-hybridized carbons (Fsp3) is 0.222.